The van der Waals surface area contributed by atoms with Crippen molar-refractivity contribution in [1.82, 2.24) is 19.8 Å². The van der Waals surface area contributed by atoms with Crippen LogP contribution in [0.25, 0.3) is 10.9 Å². The zero-order chi connectivity index (χ0) is 27.3. The maximum atomic E-state index is 13.5. The first-order valence-electron chi connectivity index (χ1n) is 12.5. The number of likely N-dealkylation sites (tertiary alicyclic amines) is 1. The predicted molar refractivity (Wildman–Crippen MR) is 133 cm³/mol. The minimum absolute atomic E-state index is 0.0687. The lowest BCUT2D eigenvalue weighted by molar-refractivity contribution is -0.159. The van der Waals surface area contributed by atoms with Crippen LogP contribution in [0.3, 0.4) is 0 Å². The van der Waals surface area contributed by atoms with E-state index in [1.807, 2.05) is 7.05 Å². The molecule has 2 fully saturated rings. The molecule has 1 saturated heterocycles. The molecule has 1 amide bonds. The molecule has 37 heavy (non-hydrogen) atoms. The van der Waals surface area contributed by atoms with E-state index in [0.29, 0.717) is 31.3 Å². The normalized spacial score (nSPS) is 27.2. The number of nitrogens with zero attached hydrogens (tertiary/aromatic N) is 4. The molecule has 1 saturated carbocycles. The van der Waals surface area contributed by atoms with Gasteiger partial charge >= 0.3 is 12.1 Å². The molecule has 1 aliphatic heterocycles. The largest absolute Gasteiger partial charge is 0.481 e. The fraction of sp³-hybridized carbons (Fsp3) is 0.615. The van der Waals surface area contributed by atoms with Gasteiger partial charge in [0.25, 0.3) is 0 Å². The van der Waals surface area contributed by atoms with Crippen molar-refractivity contribution < 1.29 is 27.9 Å². The van der Waals surface area contributed by atoms with Crippen LogP contribution in [0.5, 0.6) is 0 Å². The van der Waals surface area contributed by atoms with Crippen LogP contribution >= 0.6 is 0 Å². The summed E-state index contributed by atoms with van der Waals surface area (Å²) in [7, 11) is 2.00. The van der Waals surface area contributed by atoms with Gasteiger partial charge in [0.15, 0.2) is 0 Å². The summed E-state index contributed by atoms with van der Waals surface area (Å²) >= 11 is 0. The molecule has 202 valence electrons. The van der Waals surface area contributed by atoms with Crippen molar-refractivity contribution >= 4 is 28.6 Å². The van der Waals surface area contributed by atoms with Gasteiger partial charge < -0.3 is 15.3 Å². The minimum Gasteiger partial charge on any atom is -0.481 e. The number of aliphatic carboxylic acids is 1. The van der Waals surface area contributed by atoms with E-state index in [9.17, 15) is 27.9 Å². The van der Waals surface area contributed by atoms with E-state index in [1.165, 1.54) is 12.4 Å². The SMILES string of the molecule is CN([C@@H]1CC[C@H](N2CC[C@H](Nc3ncnc4ccc(C(F)(F)F)cc34)C2=O)[C@](C)(C(=O)O)C1)C(C)(C)C. The average Bonchev–Trinajstić information content (AvgIpc) is 3.16. The number of rotatable bonds is 5. The van der Waals surface area contributed by atoms with Crippen LogP contribution < -0.4 is 5.32 Å². The molecule has 2 N–H and O–H groups in total. The highest BCUT2D eigenvalue weighted by Gasteiger charge is 2.53. The highest BCUT2D eigenvalue weighted by molar-refractivity contribution is 5.93. The summed E-state index contributed by atoms with van der Waals surface area (Å²) in [5, 5.41) is 13.4. The van der Waals surface area contributed by atoms with Crippen LogP contribution in [0.4, 0.5) is 19.0 Å². The third-order valence-corrected chi connectivity index (χ3v) is 8.15. The van der Waals surface area contributed by atoms with E-state index in [-0.39, 0.29) is 28.7 Å². The van der Waals surface area contributed by atoms with E-state index in [1.54, 1.807) is 11.8 Å². The Morgan fingerprint density at radius 3 is 2.51 bits per heavy atom. The lowest BCUT2D eigenvalue weighted by Gasteiger charge is -2.50. The number of carboxylic acid groups (broad SMARTS) is 1. The van der Waals surface area contributed by atoms with Gasteiger partial charge in [-0.05, 0) is 78.6 Å². The summed E-state index contributed by atoms with van der Waals surface area (Å²) in [6, 6.07) is 2.08. The van der Waals surface area contributed by atoms with Crippen LogP contribution in [0.2, 0.25) is 0 Å². The van der Waals surface area contributed by atoms with Crippen LogP contribution in [0.1, 0.15) is 58.9 Å². The number of carboxylic acids is 1. The van der Waals surface area contributed by atoms with Gasteiger partial charge in [-0.25, -0.2) is 9.97 Å². The molecule has 0 radical (unpaired) electrons. The molecule has 2 heterocycles. The Bertz CT molecular complexity index is 1200. The number of aromatic nitrogens is 2. The number of fused-ring (bicyclic) bond motifs is 1. The van der Waals surface area contributed by atoms with Gasteiger partial charge in [0.05, 0.1) is 16.5 Å². The predicted octanol–water partition coefficient (Wildman–Crippen LogP) is 4.40. The van der Waals surface area contributed by atoms with Crippen molar-refractivity contribution in [1.29, 1.82) is 0 Å². The molecule has 1 aromatic heterocycles. The number of halogens is 3. The maximum absolute atomic E-state index is 13.5. The summed E-state index contributed by atoms with van der Waals surface area (Å²) in [4.78, 5) is 38.0. The number of alkyl halides is 3. The number of hydrogen-bond donors (Lipinski definition) is 2. The van der Waals surface area contributed by atoms with Gasteiger partial charge in [-0.3, -0.25) is 14.5 Å². The molecule has 4 atom stereocenters. The average molecular weight is 522 g/mol. The second-order valence-electron chi connectivity index (χ2n) is 11.4. The van der Waals surface area contributed by atoms with Crippen LogP contribution in [0, 0.1) is 5.41 Å². The smallest absolute Gasteiger partial charge is 0.416 e. The first kappa shape index (κ1) is 27.1. The Balaban J connectivity index is 1.56. The van der Waals surface area contributed by atoms with Gasteiger partial charge in [-0.1, -0.05) is 0 Å². The molecule has 0 unspecified atom stereocenters. The quantitative estimate of drug-likeness (QED) is 0.602. The molecule has 11 heteroatoms. The third kappa shape index (κ3) is 5.10. The summed E-state index contributed by atoms with van der Waals surface area (Å²) in [5.41, 5.74) is -1.75. The molecule has 2 aromatic rings. The van der Waals surface area contributed by atoms with Crippen molar-refractivity contribution in [3.8, 4) is 0 Å². The second-order valence-corrected chi connectivity index (χ2v) is 11.4. The van der Waals surface area contributed by atoms with E-state index in [4.69, 9.17) is 0 Å². The molecular weight excluding hydrogens is 487 g/mol. The van der Waals surface area contributed by atoms with Crippen LogP contribution in [-0.2, 0) is 15.8 Å². The molecule has 4 rings (SSSR count). The van der Waals surface area contributed by atoms with Gasteiger partial charge in [-0.2, -0.15) is 13.2 Å². The molecule has 1 aromatic carbocycles. The van der Waals surface area contributed by atoms with E-state index < -0.39 is 35.2 Å². The Hall–Kier alpha value is -2.95. The monoisotopic (exact) mass is 521 g/mol. The number of benzene rings is 1. The maximum Gasteiger partial charge on any atom is 0.416 e. The van der Waals surface area contributed by atoms with Crippen LogP contribution in [-0.4, -0.2) is 74.0 Å². The second kappa shape index (κ2) is 9.41. The number of carbonyl (C=O) groups is 2. The highest BCUT2D eigenvalue weighted by Crippen LogP contribution is 2.43. The van der Waals surface area contributed by atoms with Crippen molar-refractivity contribution in [2.45, 2.75) is 83.2 Å². The van der Waals surface area contributed by atoms with Gasteiger partial charge in [0.2, 0.25) is 5.91 Å². The van der Waals surface area contributed by atoms with Gasteiger partial charge in [0.1, 0.15) is 18.2 Å². The van der Waals surface area contributed by atoms with Crippen molar-refractivity contribution in [3.63, 3.8) is 0 Å². The number of anilines is 1. The fourth-order valence-electron chi connectivity index (χ4n) is 5.66. The molecule has 8 nitrogen and oxygen atoms in total. The summed E-state index contributed by atoms with van der Waals surface area (Å²) < 4.78 is 39.8. The minimum atomic E-state index is -4.53. The van der Waals surface area contributed by atoms with Crippen molar-refractivity contribution in [2.75, 3.05) is 18.9 Å². The number of carbonyl (C=O) groups excluding carboxylic acids is 1. The zero-order valence-electron chi connectivity index (χ0n) is 21.8. The van der Waals surface area contributed by atoms with E-state index in [0.717, 1.165) is 18.6 Å². The van der Waals surface area contributed by atoms with Crippen molar-refractivity contribution in [2.24, 2.45) is 5.41 Å². The molecule has 0 bridgehead atoms. The first-order valence-corrected chi connectivity index (χ1v) is 12.5. The zero-order valence-corrected chi connectivity index (χ0v) is 21.8. The van der Waals surface area contributed by atoms with Crippen molar-refractivity contribution in [3.05, 3.63) is 30.1 Å². The highest BCUT2D eigenvalue weighted by atomic mass is 19.4. The summed E-state index contributed by atoms with van der Waals surface area (Å²) in [5.74, 6) is -1.05. The fourth-order valence-corrected chi connectivity index (χ4v) is 5.66. The number of hydrogen-bond acceptors (Lipinski definition) is 6. The summed E-state index contributed by atoms with van der Waals surface area (Å²) in [6.45, 7) is 8.35. The van der Waals surface area contributed by atoms with E-state index in [2.05, 4.69) is 41.0 Å². The number of amides is 1. The molecule has 1 aliphatic carbocycles. The lowest BCUT2D eigenvalue weighted by Crippen LogP contribution is -2.59. The molecular formula is C26H34F3N5O3. The Labute approximate surface area is 214 Å². The van der Waals surface area contributed by atoms with Gasteiger partial charge in [-0.15, -0.1) is 0 Å². The molecule has 0 spiro atoms. The topological polar surface area (TPSA) is 98.7 Å². The Morgan fingerprint density at radius 1 is 1.19 bits per heavy atom. The lowest BCUT2D eigenvalue weighted by atomic mass is 9.68. The van der Waals surface area contributed by atoms with Crippen LogP contribution in [0.15, 0.2) is 24.5 Å². The number of nitrogens with one attached hydrogen (secondary N) is 1. The van der Waals surface area contributed by atoms with Gasteiger partial charge in [0, 0.05) is 29.6 Å². The Morgan fingerprint density at radius 2 is 1.89 bits per heavy atom. The Kier molecular flexibility index (Phi) is 6.89. The standard InChI is InChI=1S/C26H34F3N5O3/c1-24(2,3)33(5)16-7-9-20(25(4,13-16)23(36)37)34-11-10-19(22(34)35)32-21-17-12-15(26(27,28)29)6-8-18(17)30-14-31-21/h6,8,12,14,16,19-20H,7,9-11,13H2,1-5H3,(H,36,37)(H,30,31,32)/t16-,19+,20+,25-/m1/s1. The third-order valence-electron chi connectivity index (χ3n) is 8.15. The van der Waals surface area contributed by atoms with E-state index >= 15 is 0 Å². The summed E-state index contributed by atoms with van der Waals surface area (Å²) in [6.07, 6.45) is -1.16. The first-order chi connectivity index (χ1) is 17.1. The molecule has 2 aliphatic rings.